The van der Waals surface area contributed by atoms with E-state index in [2.05, 4.69) is 4.90 Å². The highest BCUT2D eigenvalue weighted by atomic mass is 19.1. The zero-order valence-corrected chi connectivity index (χ0v) is 17.7. The molecule has 3 aliphatic heterocycles. The molecule has 1 aromatic rings. The van der Waals surface area contributed by atoms with Crippen LogP contribution in [0, 0.1) is 5.82 Å². The van der Waals surface area contributed by atoms with E-state index >= 15 is 4.39 Å². The highest BCUT2D eigenvalue weighted by Gasteiger charge is 2.41. The third-order valence-corrected chi connectivity index (χ3v) is 6.01. The second-order valence-corrected chi connectivity index (χ2v) is 9.21. The molecule has 162 valence electrons. The first kappa shape index (κ1) is 20.8. The van der Waals surface area contributed by atoms with Gasteiger partial charge in [0.05, 0.1) is 31.0 Å². The number of aliphatic hydroxyl groups is 1. The van der Waals surface area contributed by atoms with Crippen molar-refractivity contribution in [2.75, 3.05) is 33.4 Å². The van der Waals surface area contributed by atoms with E-state index in [9.17, 15) is 5.11 Å². The fourth-order valence-corrected chi connectivity index (χ4v) is 4.50. The Morgan fingerprint density at radius 3 is 2.72 bits per heavy atom. The predicted octanol–water partition coefficient (Wildman–Crippen LogP) is 2.85. The molecule has 0 amide bonds. The maximum Gasteiger partial charge on any atom is 0.197 e. The molecule has 0 aliphatic carbocycles. The molecular formula is C22H32FNO5. The molecule has 3 heterocycles. The van der Waals surface area contributed by atoms with E-state index in [1.165, 1.54) is 7.11 Å². The standard InChI is InChI=1S/C22H32FNO5/c1-22(2,3)29-19-11-24-7-5-14-15(16(24)10-17(19)25)9-18(26-4)21(20(14)23)28-12-13-6-8-27-13/h9,13,16-17,19,25H,5-8,10-12H2,1-4H3/t13-,16+,17+,19+/m0/s1. The lowest BCUT2D eigenvalue weighted by Gasteiger charge is -2.47. The molecule has 2 fully saturated rings. The summed E-state index contributed by atoms with van der Waals surface area (Å²) in [7, 11) is 1.53. The summed E-state index contributed by atoms with van der Waals surface area (Å²) in [5.74, 6) is 0.214. The van der Waals surface area contributed by atoms with Crippen molar-refractivity contribution >= 4 is 0 Å². The van der Waals surface area contributed by atoms with Crippen LogP contribution in [-0.2, 0) is 15.9 Å². The van der Waals surface area contributed by atoms with Gasteiger partial charge in [-0.25, -0.2) is 4.39 Å². The van der Waals surface area contributed by atoms with Gasteiger partial charge in [0.25, 0.3) is 0 Å². The topological polar surface area (TPSA) is 60.4 Å². The Bertz CT molecular complexity index is 746. The van der Waals surface area contributed by atoms with Crippen molar-refractivity contribution < 1.29 is 28.4 Å². The van der Waals surface area contributed by atoms with Crippen LogP contribution in [0.25, 0.3) is 0 Å². The van der Waals surface area contributed by atoms with E-state index < -0.39 is 6.10 Å². The summed E-state index contributed by atoms with van der Waals surface area (Å²) in [5.41, 5.74) is 1.22. The fraction of sp³-hybridized carbons (Fsp3) is 0.727. The first-order valence-corrected chi connectivity index (χ1v) is 10.5. The number of aliphatic hydroxyl groups excluding tert-OH is 1. The summed E-state index contributed by atoms with van der Waals surface area (Å²) in [6, 6.07) is 1.82. The summed E-state index contributed by atoms with van der Waals surface area (Å²) in [6.07, 6.45) is 1.22. The lowest BCUT2D eigenvalue weighted by atomic mass is 9.84. The predicted molar refractivity (Wildman–Crippen MR) is 106 cm³/mol. The molecule has 4 atom stereocenters. The Hall–Kier alpha value is -1.41. The monoisotopic (exact) mass is 409 g/mol. The number of halogens is 1. The summed E-state index contributed by atoms with van der Waals surface area (Å²) in [5, 5.41) is 10.7. The summed E-state index contributed by atoms with van der Waals surface area (Å²) in [4.78, 5) is 2.28. The Balaban J connectivity index is 1.57. The Labute approximate surface area is 171 Å². The van der Waals surface area contributed by atoms with Crippen molar-refractivity contribution in [3.63, 3.8) is 0 Å². The van der Waals surface area contributed by atoms with Crippen molar-refractivity contribution in [3.8, 4) is 11.5 Å². The quantitative estimate of drug-likeness (QED) is 0.807. The average molecular weight is 409 g/mol. The van der Waals surface area contributed by atoms with Gasteiger partial charge in [0.1, 0.15) is 6.61 Å². The Kier molecular flexibility index (Phi) is 5.77. The van der Waals surface area contributed by atoms with Crippen LogP contribution in [-0.4, -0.2) is 67.3 Å². The molecule has 3 aliphatic rings. The number of ether oxygens (including phenoxy) is 4. The lowest BCUT2D eigenvalue weighted by Crippen LogP contribution is -2.53. The molecule has 0 radical (unpaired) electrons. The molecule has 0 bridgehead atoms. The van der Waals surface area contributed by atoms with Gasteiger partial charge in [0.15, 0.2) is 17.3 Å². The van der Waals surface area contributed by atoms with E-state index in [4.69, 9.17) is 18.9 Å². The third-order valence-electron chi connectivity index (χ3n) is 6.01. The second kappa shape index (κ2) is 8.02. The van der Waals surface area contributed by atoms with Crippen molar-refractivity contribution in [2.24, 2.45) is 0 Å². The van der Waals surface area contributed by atoms with Gasteiger partial charge >= 0.3 is 0 Å². The van der Waals surface area contributed by atoms with Gasteiger partial charge in [-0.1, -0.05) is 0 Å². The minimum absolute atomic E-state index is 0.0267. The van der Waals surface area contributed by atoms with Crippen molar-refractivity contribution in [1.29, 1.82) is 0 Å². The molecule has 6 nitrogen and oxygen atoms in total. The number of rotatable bonds is 5. The maximum atomic E-state index is 15.4. The molecule has 0 unspecified atom stereocenters. The van der Waals surface area contributed by atoms with Crippen molar-refractivity contribution in [1.82, 2.24) is 4.90 Å². The molecule has 1 aromatic carbocycles. The molecule has 0 saturated carbocycles. The minimum atomic E-state index is -0.595. The van der Waals surface area contributed by atoms with E-state index in [1.54, 1.807) is 0 Å². The number of methoxy groups -OCH3 is 1. The minimum Gasteiger partial charge on any atom is -0.493 e. The van der Waals surface area contributed by atoms with Gasteiger partial charge in [0, 0.05) is 32.2 Å². The van der Waals surface area contributed by atoms with Crippen LogP contribution >= 0.6 is 0 Å². The van der Waals surface area contributed by atoms with Crippen LogP contribution in [0.1, 0.15) is 50.8 Å². The largest absolute Gasteiger partial charge is 0.493 e. The fourth-order valence-electron chi connectivity index (χ4n) is 4.50. The molecule has 7 heteroatoms. The molecule has 2 saturated heterocycles. The maximum absolute atomic E-state index is 15.4. The van der Waals surface area contributed by atoms with Crippen LogP contribution in [0.5, 0.6) is 11.5 Å². The van der Waals surface area contributed by atoms with Crippen LogP contribution in [0.3, 0.4) is 0 Å². The zero-order chi connectivity index (χ0) is 20.8. The van der Waals surface area contributed by atoms with Gasteiger partial charge in [0.2, 0.25) is 0 Å². The Morgan fingerprint density at radius 2 is 2.10 bits per heavy atom. The van der Waals surface area contributed by atoms with Crippen LogP contribution in [0.4, 0.5) is 4.39 Å². The van der Waals surface area contributed by atoms with Crippen molar-refractivity contribution in [2.45, 2.75) is 70.0 Å². The first-order chi connectivity index (χ1) is 13.8. The van der Waals surface area contributed by atoms with E-state index in [0.717, 1.165) is 25.1 Å². The lowest BCUT2D eigenvalue weighted by molar-refractivity contribution is -0.149. The normalized spacial score (nSPS) is 29.6. The molecule has 4 rings (SSSR count). The highest BCUT2D eigenvalue weighted by Crippen LogP contribution is 2.44. The van der Waals surface area contributed by atoms with Gasteiger partial charge in [-0.3, -0.25) is 4.90 Å². The highest BCUT2D eigenvalue weighted by molar-refractivity contribution is 5.51. The number of hydrogen-bond acceptors (Lipinski definition) is 6. The number of hydrogen-bond donors (Lipinski definition) is 1. The van der Waals surface area contributed by atoms with Crippen LogP contribution in [0.2, 0.25) is 0 Å². The van der Waals surface area contributed by atoms with Crippen molar-refractivity contribution in [3.05, 3.63) is 23.0 Å². The van der Waals surface area contributed by atoms with E-state index in [1.807, 2.05) is 26.8 Å². The third kappa shape index (κ3) is 4.24. The SMILES string of the molecule is COc1cc2c(c(F)c1OC[C@@H]1CCO1)CCN1C[C@@H](OC(C)(C)C)[C@H](O)C[C@H]21. The van der Waals surface area contributed by atoms with E-state index in [0.29, 0.717) is 37.3 Å². The summed E-state index contributed by atoms with van der Waals surface area (Å²) < 4.78 is 38.0. The number of nitrogens with zero attached hydrogens (tertiary/aromatic N) is 1. The number of fused-ring (bicyclic) bond motifs is 3. The van der Waals surface area contributed by atoms with Crippen LogP contribution in [0.15, 0.2) is 6.07 Å². The van der Waals surface area contributed by atoms with E-state index in [-0.39, 0.29) is 35.4 Å². The smallest absolute Gasteiger partial charge is 0.197 e. The second-order valence-electron chi connectivity index (χ2n) is 9.21. The van der Waals surface area contributed by atoms with Gasteiger partial charge in [-0.05, 0) is 50.8 Å². The molecule has 0 spiro atoms. The van der Waals surface area contributed by atoms with Gasteiger partial charge in [-0.2, -0.15) is 0 Å². The number of benzene rings is 1. The molecule has 29 heavy (non-hydrogen) atoms. The molecular weight excluding hydrogens is 377 g/mol. The molecule has 0 aromatic heterocycles. The Morgan fingerprint density at radius 1 is 1.34 bits per heavy atom. The number of piperidine rings is 1. The average Bonchev–Trinajstić information content (AvgIpc) is 2.61. The van der Waals surface area contributed by atoms with Gasteiger partial charge < -0.3 is 24.1 Å². The summed E-state index contributed by atoms with van der Waals surface area (Å²) >= 11 is 0. The van der Waals surface area contributed by atoms with Crippen LogP contribution < -0.4 is 9.47 Å². The zero-order valence-electron chi connectivity index (χ0n) is 17.7. The summed E-state index contributed by atoms with van der Waals surface area (Å²) in [6.45, 7) is 8.39. The van der Waals surface area contributed by atoms with Gasteiger partial charge in [-0.15, -0.1) is 0 Å². The first-order valence-electron chi connectivity index (χ1n) is 10.5. The molecule has 1 N–H and O–H groups in total.